The molecule has 1 N–H and O–H groups in total. The molecule has 0 radical (unpaired) electrons. The molecule has 0 atom stereocenters. The summed E-state index contributed by atoms with van der Waals surface area (Å²) in [6, 6.07) is 29.5. The number of para-hydroxylation sites is 1. The highest BCUT2D eigenvalue weighted by Gasteiger charge is 2.28. The minimum atomic E-state index is -0.267. The quantitative estimate of drug-likeness (QED) is 0.383. The van der Waals surface area contributed by atoms with Crippen LogP contribution in [0.5, 0.6) is 0 Å². The van der Waals surface area contributed by atoms with E-state index in [2.05, 4.69) is 29.6 Å². The Balaban J connectivity index is 1.77. The normalized spacial score (nSPS) is 10.8. The first-order chi connectivity index (χ1) is 15.1. The number of hydrogen-bond donors (Lipinski definition) is 1. The predicted octanol–water partition coefficient (Wildman–Crippen LogP) is 6.72. The van der Waals surface area contributed by atoms with E-state index in [0.29, 0.717) is 6.54 Å². The first-order valence-electron chi connectivity index (χ1n) is 10.4. The molecule has 4 rings (SSSR count). The number of nitrogens with one attached hydrogen (secondary N) is 1. The number of hydrogen-bond acceptors (Lipinski definition) is 2. The Morgan fingerprint density at radius 1 is 0.806 bits per heavy atom. The second-order valence-corrected chi connectivity index (χ2v) is 7.63. The number of anilines is 1. The second kappa shape index (κ2) is 9.35. The highest BCUT2D eigenvalue weighted by Crippen LogP contribution is 2.31. The van der Waals surface area contributed by atoms with Crippen molar-refractivity contribution in [3.05, 3.63) is 125 Å². The summed E-state index contributed by atoms with van der Waals surface area (Å²) in [5.74, 6) is 0.730. The summed E-state index contributed by atoms with van der Waals surface area (Å²) in [5.41, 5.74) is 4.98. The van der Waals surface area contributed by atoms with E-state index in [1.807, 2.05) is 85.5 Å². The van der Waals surface area contributed by atoms with E-state index in [9.17, 15) is 4.79 Å². The number of rotatable bonds is 6. The van der Waals surface area contributed by atoms with Crippen LogP contribution < -0.4 is 5.32 Å². The van der Waals surface area contributed by atoms with E-state index < -0.39 is 0 Å². The van der Waals surface area contributed by atoms with Crippen molar-refractivity contribution in [1.29, 1.82) is 0 Å². The van der Waals surface area contributed by atoms with Crippen LogP contribution in [0.4, 0.5) is 10.5 Å². The second-order valence-electron chi connectivity index (χ2n) is 7.63. The molecule has 156 valence electrons. The first kappa shape index (κ1) is 20.5. The average Bonchev–Trinajstić information content (AvgIpc) is 3.31. The van der Waals surface area contributed by atoms with Crippen LogP contribution >= 0.6 is 0 Å². The molecule has 0 fully saturated rings. The van der Waals surface area contributed by atoms with Crippen LogP contribution in [-0.4, -0.2) is 10.9 Å². The number of amides is 2. The Hall–Kier alpha value is -3.79. The van der Waals surface area contributed by atoms with Gasteiger partial charge in [-0.3, -0.25) is 0 Å². The Labute approximate surface area is 183 Å². The third-order valence-corrected chi connectivity index (χ3v) is 5.42. The zero-order valence-electron chi connectivity index (χ0n) is 17.8. The minimum absolute atomic E-state index is 0.175. The Kier molecular flexibility index (Phi) is 6.18. The van der Waals surface area contributed by atoms with Gasteiger partial charge in [0.2, 0.25) is 0 Å². The zero-order chi connectivity index (χ0) is 21.6. The molecule has 0 bridgehead atoms. The van der Waals surface area contributed by atoms with Gasteiger partial charge in [0.25, 0.3) is 0 Å². The van der Waals surface area contributed by atoms with E-state index in [1.54, 1.807) is 6.26 Å². The Bertz CT molecular complexity index is 1060. The fourth-order valence-electron chi connectivity index (χ4n) is 3.86. The van der Waals surface area contributed by atoms with Crippen LogP contribution in [0.25, 0.3) is 0 Å². The van der Waals surface area contributed by atoms with Crippen LogP contribution in [-0.2, 0) is 6.54 Å². The highest BCUT2D eigenvalue weighted by atomic mass is 16.3. The van der Waals surface area contributed by atoms with Crippen molar-refractivity contribution in [2.45, 2.75) is 26.4 Å². The van der Waals surface area contributed by atoms with Gasteiger partial charge >= 0.3 is 6.03 Å². The van der Waals surface area contributed by atoms with Crippen LogP contribution in [0.3, 0.4) is 0 Å². The van der Waals surface area contributed by atoms with Gasteiger partial charge in [0.05, 0.1) is 18.8 Å². The Morgan fingerprint density at radius 2 is 1.39 bits per heavy atom. The topological polar surface area (TPSA) is 45.5 Å². The maximum Gasteiger partial charge on any atom is 0.323 e. The van der Waals surface area contributed by atoms with Crippen molar-refractivity contribution in [2.24, 2.45) is 0 Å². The average molecular weight is 411 g/mol. The van der Waals surface area contributed by atoms with Crippen molar-refractivity contribution in [3.63, 3.8) is 0 Å². The molecule has 1 aromatic heterocycles. The van der Waals surface area contributed by atoms with Crippen LogP contribution in [0.2, 0.25) is 0 Å². The van der Waals surface area contributed by atoms with Gasteiger partial charge in [-0.25, -0.2) is 4.79 Å². The summed E-state index contributed by atoms with van der Waals surface area (Å²) in [4.78, 5) is 15.5. The SMILES string of the molecule is Cc1cccc(C)c1NC(=O)N(Cc1ccco1)C(c1ccccc1)c1ccccc1. The van der Waals surface area contributed by atoms with Crippen molar-refractivity contribution in [3.8, 4) is 0 Å². The van der Waals surface area contributed by atoms with E-state index in [4.69, 9.17) is 4.42 Å². The molecule has 31 heavy (non-hydrogen) atoms. The van der Waals surface area contributed by atoms with E-state index in [0.717, 1.165) is 33.7 Å². The predicted molar refractivity (Wildman–Crippen MR) is 124 cm³/mol. The van der Waals surface area contributed by atoms with E-state index >= 15 is 0 Å². The molecule has 0 saturated heterocycles. The van der Waals surface area contributed by atoms with Crippen LogP contribution in [0, 0.1) is 13.8 Å². The summed E-state index contributed by atoms with van der Waals surface area (Å²) < 4.78 is 5.61. The van der Waals surface area contributed by atoms with Crippen molar-refractivity contribution in [2.75, 3.05) is 5.32 Å². The third kappa shape index (κ3) is 4.69. The molecule has 4 aromatic rings. The minimum Gasteiger partial charge on any atom is -0.467 e. The number of nitrogens with zero attached hydrogens (tertiary/aromatic N) is 1. The monoisotopic (exact) mass is 410 g/mol. The number of carbonyl (C=O) groups excluding carboxylic acids is 1. The van der Waals surface area contributed by atoms with Gasteiger partial charge in [0.1, 0.15) is 5.76 Å². The molecule has 0 aliphatic carbocycles. The molecule has 4 nitrogen and oxygen atoms in total. The molecule has 4 heteroatoms. The number of aryl methyl sites for hydroxylation is 2. The van der Waals surface area contributed by atoms with Crippen molar-refractivity contribution in [1.82, 2.24) is 4.90 Å². The smallest absolute Gasteiger partial charge is 0.323 e. The van der Waals surface area contributed by atoms with Gasteiger partial charge < -0.3 is 14.6 Å². The number of urea groups is 1. The summed E-state index contributed by atoms with van der Waals surface area (Å²) in [5, 5.41) is 3.16. The molecule has 1 heterocycles. The first-order valence-corrected chi connectivity index (χ1v) is 10.4. The molecule has 0 spiro atoms. The summed E-state index contributed by atoms with van der Waals surface area (Å²) in [6.45, 7) is 4.36. The summed E-state index contributed by atoms with van der Waals surface area (Å²) in [6.07, 6.45) is 1.64. The summed E-state index contributed by atoms with van der Waals surface area (Å²) >= 11 is 0. The highest BCUT2D eigenvalue weighted by molar-refractivity contribution is 5.91. The maximum atomic E-state index is 13.7. The molecule has 0 unspecified atom stereocenters. The molecular weight excluding hydrogens is 384 g/mol. The van der Waals surface area contributed by atoms with Crippen LogP contribution in [0.15, 0.2) is 102 Å². The lowest BCUT2D eigenvalue weighted by Crippen LogP contribution is -2.38. The van der Waals surface area contributed by atoms with Crippen LogP contribution in [0.1, 0.15) is 34.1 Å². The number of carbonyl (C=O) groups is 1. The molecular formula is C27H26N2O2. The molecule has 0 saturated carbocycles. The largest absolute Gasteiger partial charge is 0.467 e. The standard InChI is InChI=1S/C27H26N2O2/c1-20-11-9-12-21(2)25(20)28-27(30)29(19-24-17-10-18-31-24)26(22-13-5-3-6-14-22)23-15-7-4-8-16-23/h3-18,26H,19H2,1-2H3,(H,28,30). The summed E-state index contributed by atoms with van der Waals surface area (Å²) in [7, 11) is 0. The third-order valence-electron chi connectivity index (χ3n) is 5.42. The lowest BCUT2D eigenvalue weighted by atomic mass is 9.97. The Morgan fingerprint density at radius 3 is 1.90 bits per heavy atom. The fraction of sp³-hybridized carbons (Fsp3) is 0.148. The van der Waals surface area contributed by atoms with Crippen molar-refractivity contribution >= 4 is 11.7 Å². The van der Waals surface area contributed by atoms with Gasteiger partial charge in [-0.05, 0) is 48.2 Å². The number of benzene rings is 3. The molecule has 0 aliphatic heterocycles. The van der Waals surface area contributed by atoms with Gasteiger partial charge in [0.15, 0.2) is 0 Å². The lowest BCUT2D eigenvalue weighted by Gasteiger charge is -2.32. The van der Waals surface area contributed by atoms with Gasteiger partial charge in [0, 0.05) is 5.69 Å². The molecule has 0 aliphatic rings. The fourth-order valence-corrected chi connectivity index (χ4v) is 3.86. The van der Waals surface area contributed by atoms with Gasteiger partial charge in [-0.2, -0.15) is 0 Å². The van der Waals surface area contributed by atoms with E-state index in [1.165, 1.54) is 0 Å². The van der Waals surface area contributed by atoms with Gasteiger partial charge in [-0.15, -0.1) is 0 Å². The van der Waals surface area contributed by atoms with Gasteiger partial charge in [-0.1, -0.05) is 78.9 Å². The molecule has 3 aromatic carbocycles. The lowest BCUT2D eigenvalue weighted by molar-refractivity contribution is 0.188. The molecule has 2 amide bonds. The zero-order valence-corrected chi connectivity index (χ0v) is 17.8. The number of furan rings is 1. The van der Waals surface area contributed by atoms with Crippen molar-refractivity contribution < 1.29 is 9.21 Å². The van der Waals surface area contributed by atoms with E-state index in [-0.39, 0.29) is 12.1 Å². The maximum absolute atomic E-state index is 13.7.